The average molecular weight is 626 g/mol. The molecule has 0 saturated heterocycles. The lowest BCUT2D eigenvalue weighted by molar-refractivity contribution is -0.921. The fourth-order valence-electron chi connectivity index (χ4n) is 6.86. The molecule has 0 spiro atoms. The summed E-state index contributed by atoms with van der Waals surface area (Å²) in [5.41, 5.74) is -4.89. The average Bonchev–Trinajstić information content (AvgIpc) is 3.54. The lowest BCUT2D eigenvalue weighted by Crippen LogP contribution is -3.00. The molecular weight excluding hydrogens is 585 g/mol. The molecule has 10 nitrogen and oxygen atoms in total. The van der Waals surface area contributed by atoms with Gasteiger partial charge < -0.3 is 44.2 Å². The van der Waals surface area contributed by atoms with Crippen molar-refractivity contribution in [1.82, 2.24) is 0 Å². The third-order valence-electron chi connectivity index (χ3n) is 9.77. The first-order valence-corrected chi connectivity index (χ1v) is 15.0. The Morgan fingerprint density at radius 3 is 1.24 bits per heavy atom. The molecular formula is C34H40FNO9. The highest BCUT2D eigenvalue weighted by Gasteiger charge is 2.74. The van der Waals surface area contributed by atoms with E-state index in [9.17, 15) is 30.0 Å². The number of benzene rings is 3. The molecule has 0 unspecified atom stereocenters. The molecule has 2 heterocycles. The van der Waals surface area contributed by atoms with Gasteiger partial charge in [0.1, 0.15) is 11.5 Å². The van der Waals surface area contributed by atoms with Crippen molar-refractivity contribution < 1.29 is 53.8 Å². The summed E-state index contributed by atoms with van der Waals surface area (Å²) in [5.74, 6) is -6.47. The Balaban J connectivity index is 0.000000307. The fourth-order valence-corrected chi connectivity index (χ4v) is 6.86. The van der Waals surface area contributed by atoms with Crippen molar-refractivity contribution in [1.29, 1.82) is 0 Å². The first-order valence-electron chi connectivity index (χ1n) is 15.0. The van der Waals surface area contributed by atoms with Gasteiger partial charge in [-0.1, -0.05) is 48.5 Å². The number of nitrogens with zero attached hydrogens (tertiary/aromatic N) is 1. The molecule has 2 aliphatic carbocycles. The lowest BCUT2D eigenvalue weighted by atomic mass is 9.81. The zero-order valence-electron chi connectivity index (χ0n) is 26.0. The molecule has 242 valence electrons. The fraction of sp³-hybridized carbons (Fsp3) is 0.412. The monoisotopic (exact) mass is 625 g/mol. The first kappa shape index (κ1) is 34.2. The molecule has 0 amide bonds. The largest absolute Gasteiger partial charge is 1.00 e. The van der Waals surface area contributed by atoms with Crippen LogP contribution in [0.15, 0.2) is 60.7 Å². The SMILES string of the molecule is CCO.CC[N+](CC)(CC)CC.O=C1c2ccccc2[C@]2(O)Oc3cc4c(cc3[C@]12O)[C@]1(O)C(=O)c2ccccc2[C@]1(O)O4.[F-]. The number of hydrogen-bond donors (Lipinski definition) is 5. The van der Waals surface area contributed by atoms with Crippen molar-refractivity contribution in [3.8, 4) is 11.5 Å². The number of halogens is 1. The summed E-state index contributed by atoms with van der Waals surface area (Å²) < 4.78 is 12.6. The van der Waals surface area contributed by atoms with Gasteiger partial charge in [-0.3, -0.25) is 9.59 Å². The predicted molar refractivity (Wildman–Crippen MR) is 160 cm³/mol. The van der Waals surface area contributed by atoms with Crippen molar-refractivity contribution in [3.05, 3.63) is 94.0 Å². The van der Waals surface area contributed by atoms with Gasteiger partial charge in [0, 0.05) is 46.1 Å². The number of rotatable bonds is 4. The second-order valence-corrected chi connectivity index (χ2v) is 11.4. The summed E-state index contributed by atoms with van der Waals surface area (Å²) in [7, 11) is 0. The molecule has 45 heavy (non-hydrogen) atoms. The molecule has 3 aromatic rings. The van der Waals surface area contributed by atoms with Crippen LogP contribution in [-0.2, 0) is 22.8 Å². The minimum atomic E-state index is -2.51. The Morgan fingerprint density at radius 2 is 0.933 bits per heavy atom. The number of aliphatic hydroxyl groups is 5. The van der Waals surface area contributed by atoms with Gasteiger partial charge >= 0.3 is 0 Å². The summed E-state index contributed by atoms with van der Waals surface area (Å²) in [6.07, 6.45) is 0. The van der Waals surface area contributed by atoms with Crippen molar-refractivity contribution in [2.75, 3.05) is 32.8 Å². The number of aliphatic hydroxyl groups excluding tert-OH is 1. The number of ketones is 2. The third-order valence-corrected chi connectivity index (χ3v) is 9.77. The second-order valence-electron chi connectivity index (χ2n) is 11.4. The van der Waals surface area contributed by atoms with E-state index in [1.54, 1.807) is 31.2 Å². The van der Waals surface area contributed by atoms with Crippen LogP contribution in [0.4, 0.5) is 0 Å². The molecule has 4 aliphatic rings. The number of carbonyl (C=O) groups excluding carboxylic acids is 2. The molecule has 3 aromatic carbocycles. The number of Topliss-reactive ketones (excluding diaryl/α,β-unsaturated/α-hetero) is 2. The topological polar surface area (TPSA) is 154 Å². The van der Waals surface area contributed by atoms with Gasteiger partial charge in [0.25, 0.3) is 11.6 Å². The van der Waals surface area contributed by atoms with Crippen LogP contribution >= 0.6 is 0 Å². The van der Waals surface area contributed by atoms with Crippen molar-refractivity contribution in [3.63, 3.8) is 0 Å². The van der Waals surface area contributed by atoms with E-state index in [1.807, 2.05) is 0 Å². The van der Waals surface area contributed by atoms with Gasteiger partial charge in [0.2, 0.25) is 22.8 Å². The van der Waals surface area contributed by atoms with Gasteiger partial charge in [0.05, 0.1) is 26.2 Å². The smallest absolute Gasteiger partial charge is 0.276 e. The van der Waals surface area contributed by atoms with Gasteiger partial charge in [-0.2, -0.15) is 0 Å². The molecule has 0 fully saturated rings. The predicted octanol–water partition coefficient (Wildman–Crippen LogP) is -0.185. The lowest BCUT2D eigenvalue weighted by Gasteiger charge is -2.34. The maximum atomic E-state index is 13.2. The van der Waals surface area contributed by atoms with E-state index >= 15 is 0 Å². The van der Waals surface area contributed by atoms with Crippen LogP contribution in [0.3, 0.4) is 0 Å². The maximum Gasteiger partial charge on any atom is 0.276 e. The number of hydrogen-bond acceptors (Lipinski definition) is 9. The zero-order chi connectivity index (χ0) is 32.3. The van der Waals surface area contributed by atoms with Gasteiger partial charge in [-0.05, 0) is 40.7 Å². The van der Waals surface area contributed by atoms with Gasteiger partial charge in [-0.25, -0.2) is 0 Å². The third kappa shape index (κ3) is 4.22. The molecule has 7 rings (SSSR count). The highest BCUT2D eigenvalue weighted by molar-refractivity contribution is 6.11. The van der Waals surface area contributed by atoms with E-state index in [2.05, 4.69) is 27.7 Å². The van der Waals surface area contributed by atoms with Crippen molar-refractivity contribution in [2.45, 2.75) is 57.4 Å². The highest BCUT2D eigenvalue weighted by Crippen LogP contribution is 2.63. The minimum absolute atomic E-state index is 0. The van der Waals surface area contributed by atoms with Crippen LogP contribution < -0.4 is 14.2 Å². The Morgan fingerprint density at radius 1 is 0.600 bits per heavy atom. The quantitative estimate of drug-likeness (QED) is 0.249. The molecule has 0 saturated carbocycles. The van der Waals surface area contributed by atoms with E-state index in [0.29, 0.717) is 0 Å². The number of ether oxygens (including phenoxy) is 2. The summed E-state index contributed by atoms with van der Waals surface area (Å²) in [5, 5.41) is 53.1. The molecule has 11 heteroatoms. The van der Waals surface area contributed by atoms with Crippen LogP contribution in [0, 0.1) is 0 Å². The van der Waals surface area contributed by atoms with Gasteiger partial charge in [-0.15, -0.1) is 0 Å². The molecule has 4 atom stereocenters. The Bertz CT molecular complexity index is 1520. The van der Waals surface area contributed by atoms with E-state index in [0.717, 1.165) is 0 Å². The van der Waals surface area contributed by atoms with Crippen LogP contribution in [-0.4, -0.2) is 74.4 Å². The summed E-state index contributed by atoms with van der Waals surface area (Å²) in [6, 6.07) is 14.7. The molecule has 2 aliphatic heterocycles. The van der Waals surface area contributed by atoms with Crippen molar-refractivity contribution >= 4 is 11.6 Å². The van der Waals surface area contributed by atoms with E-state index in [1.165, 1.54) is 67.1 Å². The highest BCUT2D eigenvalue weighted by atomic mass is 19.0. The maximum absolute atomic E-state index is 13.2. The Kier molecular flexibility index (Phi) is 8.79. The molecule has 0 radical (unpaired) electrons. The molecule has 0 aromatic heterocycles. The van der Waals surface area contributed by atoms with Crippen LogP contribution in [0.25, 0.3) is 0 Å². The van der Waals surface area contributed by atoms with E-state index in [4.69, 9.17) is 14.6 Å². The molecule has 5 N–H and O–H groups in total. The van der Waals surface area contributed by atoms with Crippen LogP contribution in [0.5, 0.6) is 11.5 Å². The summed E-state index contributed by atoms with van der Waals surface area (Å²) >= 11 is 0. The summed E-state index contributed by atoms with van der Waals surface area (Å²) in [6.45, 7) is 16.2. The normalized spacial score (nSPS) is 27.5. The summed E-state index contributed by atoms with van der Waals surface area (Å²) in [4.78, 5) is 26.4. The van der Waals surface area contributed by atoms with E-state index < -0.39 is 34.3 Å². The van der Waals surface area contributed by atoms with Crippen LogP contribution in [0.1, 0.15) is 77.6 Å². The minimum Gasteiger partial charge on any atom is -1.00 e. The second kappa shape index (κ2) is 11.6. The first-order chi connectivity index (χ1) is 20.8. The molecule has 0 bridgehead atoms. The standard InChI is InChI=1S/C24H14O8.C8H20N.C2H6O.FH/c25-19-11-5-1-3-7-13(11)23(29)21(19,27)15-9-16-18(10-17(15)31-23)32-24(30)14-8-4-2-6-12(14)20(26)22(16,24)28;1-5-9(6-2,7-3)8-4;1-2-3;/h1-10,27-30H;5-8H2,1-4H3;3H,2H2,1H3;1H/q;+1;;/p-1/t21-,22-,23-,24-;;;/m0.../s1. The van der Waals surface area contributed by atoms with Crippen LogP contribution in [0.2, 0.25) is 0 Å². The van der Waals surface area contributed by atoms with Crippen molar-refractivity contribution in [2.24, 2.45) is 0 Å². The zero-order valence-corrected chi connectivity index (χ0v) is 26.0. The Hall–Kier alpha value is -3.71. The Labute approximate surface area is 261 Å². The van der Waals surface area contributed by atoms with E-state index in [-0.39, 0.29) is 56.2 Å². The number of carbonyl (C=O) groups is 2. The van der Waals surface area contributed by atoms with Gasteiger partial charge in [0.15, 0.2) is 0 Å². The number of fused-ring (bicyclic) bond motifs is 10. The number of quaternary nitrogens is 1.